The highest BCUT2D eigenvalue weighted by molar-refractivity contribution is 5.66. The van der Waals surface area contributed by atoms with Crippen LogP contribution in [-0.2, 0) is 6.54 Å². The third-order valence-electron chi connectivity index (χ3n) is 4.33. The van der Waals surface area contributed by atoms with E-state index in [1.54, 1.807) is 0 Å². The van der Waals surface area contributed by atoms with Crippen LogP contribution in [0.5, 0.6) is 0 Å². The summed E-state index contributed by atoms with van der Waals surface area (Å²) in [6.45, 7) is 3.22. The molecule has 0 saturated heterocycles. The molecule has 1 atom stereocenters. The Morgan fingerprint density at radius 3 is 2.70 bits per heavy atom. The van der Waals surface area contributed by atoms with Gasteiger partial charge < -0.3 is 4.90 Å². The van der Waals surface area contributed by atoms with Crippen molar-refractivity contribution in [2.45, 2.75) is 19.5 Å². The van der Waals surface area contributed by atoms with Crippen molar-refractivity contribution in [3.05, 3.63) is 83.6 Å². The molecular weight excluding hydrogens is 242 g/mol. The Balaban J connectivity index is 1.79. The highest BCUT2D eigenvalue weighted by Gasteiger charge is 2.29. The molecule has 2 aliphatic heterocycles. The van der Waals surface area contributed by atoms with E-state index in [1.807, 2.05) is 0 Å². The van der Waals surface area contributed by atoms with Gasteiger partial charge in [0.2, 0.25) is 0 Å². The summed E-state index contributed by atoms with van der Waals surface area (Å²) in [5, 5.41) is 0. The van der Waals surface area contributed by atoms with Gasteiger partial charge in [0.1, 0.15) is 0 Å². The molecule has 0 radical (unpaired) electrons. The lowest BCUT2D eigenvalue weighted by atomic mass is 9.97. The Hall–Kier alpha value is -2.28. The Labute approximate surface area is 119 Å². The fourth-order valence-electron chi connectivity index (χ4n) is 3.22. The van der Waals surface area contributed by atoms with Crippen LogP contribution < -0.4 is 0 Å². The molecule has 1 unspecified atom stereocenters. The first-order valence-electron chi connectivity index (χ1n) is 7.13. The molecular formula is C19H17N. The van der Waals surface area contributed by atoms with Crippen LogP contribution in [0.25, 0.3) is 11.1 Å². The molecule has 0 bridgehead atoms. The number of hydrogen-bond donors (Lipinski definition) is 0. The lowest BCUT2D eigenvalue weighted by Crippen LogP contribution is -2.20. The zero-order chi connectivity index (χ0) is 13.5. The van der Waals surface area contributed by atoms with E-state index in [0.717, 1.165) is 6.54 Å². The van der Waals surface area contributed by atoms with Crippen molar-refractivity contribution in [1.82, 2.24) is 4.90 Å². The number of fused-ring (bicyclic) bond motifs is 3. The third kappa shape index (κ3) is 1.70. The van der Waals surface area contributed by atoms with Gasteiger partial charge >= 0.3 is 0 Å². The lowest BCUT2D eigenvalue weighted by molar-refractivity contribution is 0.318. The van der Waals surface area contributed by atoms with Crippen molar-refractivity contribution in [1.29, 1.82) is 0 Å². The molecule has 0 aromatic heterocycles. The van der Waals surface area contributed by atoms with Gasteiger partial charge in [-0.25, -0.2) is 0 Å². The van der Waals surface area contributed by atoms with Gasteiger partial charge in [-0.05, 0) is 41.3 Å². The van der Waals surface area contributed by atoms with Crippen molar-refractivity contribution in [3.8, 4) is 11.1 Å². The van der Waals surface area contributed by atoms with Crippen molar-refractivity contribution < 1.29 is 0 Å². The normalized spacial score (nSPS) is 19.6. The molecule has 1 heteroatoms. The first kappa shape index (κ1) is 11.5. The predicted molar refractivity (Wildman–Crippen MR) is 83.1 cm³/mol. The van der Waals surface area contributed by atoms with E-state index >= 15 is 0 Å². The van der Waals surface area contributed by atoms with Crippen molar-refractivity contribution in [2.24, 2.45) is 0 Å². The number of benzene rings is 2. The van der Waals surface area contributed by atoms with Gasteiger partial charge in [-0.1, -0.05) is 54.6 Å². The van der Waals surface area contributed by atoms with Gasteiger partial charge in [-0.15, -0.1) is 0 Å². The molecule has 0 aliphatic carbocycles. The van der Waals surface area contributed by atoms with Crippen LogP contribution in [0.4, 0.5) is 0 Å². The minimum Gasteiger partial charge on any atom is -0.360 e. The summed E-state index contributed by atoms with van der Waals surface area (Å²) in [5.41, 5.74) is 6.87. The molecule has 2 heterocycles. The molecule has 2 aromatic rings. The number of nitrogens with zero attached hydrogens (tertiary/aromatic N) is 1. The maximum absolute atomic E-state index is 2.47. The first-order chi connectivity index (χ1) is 9.83. The van der Waals surface area contributed by atoms with Crippen LogP contribution >= 0.6 is 0 Å². The van der Waals surface area contributed by atoms with E-state index < -0.39 is 0 Å². The maximum Gasteiger partial charge on any atom is 0.0733 e. The third-order valence-corrected chi connectivity index (χ3v) is 4.33. The molecule has 0 amide bonds. The molecule has 4 rings (SSSR count). The van der Waals surface area contributed by atoms with Gasteiger partial charge in [0.15, 0.2) is 0 Å². The Kier molecular flexibility index (Phi) is 2.53. The first-order valence-corrected chi connectivity index (χ1v) is 7.13. The summed E-state index contributed by atoms with van der Waals surface area (Å²) in [6, 6.07) is 17.9. The number of rotatable bonds is 1. The summed E-state index contributed by atoms with van der Waals surface area (Å²) in [7, 11) is 0. The van der Waals surface area contributed by atoms with E-state index in [9.17, 15) is 0 Å². The minimum absolute atomic E-state index is 0.415. The Morgan fingerprint density at radius 2 is 1.85 bits per heavy atom. The lowest BCUT2D eigenvalue weighted by Gasteiger charge is -2.28. The average Bonchev–Trinajstić information content (AvgIpc) is 2.88. The summed E-state index contributed by atoms with van der Waals surface area (Å²) in [5.74, 6) is 0. The molecule has 0 fully saturated rings. The van der Waals surface area contributed by atoms with E-state index in [0.29, 0.717) is 6.04 Å². The van der Waals surface area contributed by atoms with E-state index in [2.05, 4.69) is 78.6 Å². The van der Waals surface area contributed by atoms with Crippen LogP contribution in [0.15, 0.2) is 72.5 Å². The second kappa shape index (κ2) is 4.38. The van der Waals surface area contributed by atoms with E-state index in [-0.39, 0.29) is 0 Å². The largest absolute Gasteiger partial charge is 0.360 e. The number of hydrogen-bond acceptors (Lipinski definition) is 1. The molecule has 0 spiro atoms. The molecule has 98 valence electrons. The maximum atomic E-state index is 2.47. The second-order valence-corrected chi connectivity index (χ2v) is 5.55. The fourth-order valence-corrected chi connectivity index (χ4v) is 3.22. The quantitative estimate of drug-likeness (QED) is 0.718. The molecule has 0 saturated carbocycles. The van der Waals surface area contributed by atoms with Crippen LogP contribution in [0.1, 0.15) is 24.1 Å². The fraction of sp³-hybridized carbons (Fsp3) is 0.158. The summed E-state index contributed by atoms with van der Waals surface area (Å²) in [6.07, 6.45) is 6.68. The van der Waals surface area contributed by atoms with Gasteiger partial charge in [0, 0.05) is 12.2 Å². The van der Waals surface area contributed by atoms with Crippen LogP contribution in [-0.4, -0.2) is 4.90 Å². The topological polar surface area (TPSA) is 3.24 Å². The molecule has 20 heavy (non-hydrogen) atoms. The second-order valence-electron chi connectivity index (χ2n) is 5.55. The van der Waals surface area contributed by atoms with Gasteiger partial charge in [0.25, 0.3) is 0 Å². The highest BCUT2D eigenvalue weighted by Crippen LogP contribution is 2.40. The zero-order valence-electron chi connectivity index (χ0n) is 11.6. The highest BCUT2D eigenvalue weighted by atomic mass is 15.2. The van der Waals surface area contributed by atoms with E-state index in [4.69, 9.17) is 0 Å². The molecule has 2 aromatic carbocycles. The Morgan fingerprint density at radius 1 is 1.00 bits per heavy atom. The number of allylic oxidation sites excluding steroid dienone is 3. The average molecular weight is 259 g/mol. The molecule has 1 nitrogen and oxygen atoms in total. The Bertz CT molecular complexity index is 710. The molecule has 0 N–H and O–H groups in total. The van der Waals surface area contributed by atoms with Gasteiger partial charge in [-0.3, -0.25) is 0 Å². The summed E-state index contributed by atoms with van der Waals surface area (Å²) < 4.78 is 0. The monoisotopic (exact) mass is 259 g/mol. The van der Waals surface area contributed by atoms with Gasteiger partial charge in [-0.2, -0.15) is 0 Å². The summed E-state index contributed by atoms with van der Waals surface area (Å²) >= 11 is 0. The standard InChI is InChI=1S/C19H17N/c1-14-6-5-9-19-18-12-16(15-7-3-2-4-8-15)10-11-17(18)13-20(14)19/h2-12,19H,13H2,1H3. The predicted octanol–water partition coefficient (Wildman–Crippen LogP) is 4.68. The van der Waals surface area contributed by atoms with Crippen molar-refractivity contribution >= 4 is 0 Å². The van der Waals surface area contributed by atoms with Crippen molar-refractivity contribution in [3.63, 3.8) is 0 Å². The van der Waals surface area contributed by atoms with Gasteiger partial charge in [0.05, 0.1) is 6.04 Å². The smallest absolute Gasteiger partial charge is 0.0733 e. The SMILES string of the molecule is CC1=CC=CC2c3cc(-c4ccccc4)ccc3CN12. The summed E-state index contributed by atoms with van der Waals surface area (Å²) in [4.78, 5) is 2.47. The van der Waals surface area contributed by atoms with Crippen LogP contribution in [0, 0.1) is 0 Å². The van der Waals surface area contributed by atoms with Crippen molar-refractivity contribution in [2.75, 3.05) is 0 Å². The van der Waals surface area contributed by atoms with E-state index in [1.165, 1.54) is 28.0 Å². The van der Waals surface area contributed by atoms with Crippen LogP contribution in [0.3, 0.4) is 0 Å². The zero-order valence-corrected chi connectivity index (χ0v) is 11.6. The minimum atomic E-state index is 0.415. The van der Waals surface area contributed by atoms with Crippen LogP contribution in [0.2, 0.25) is 0 Å². The molecule has 2 aliphatic rings.